The van der Waals surface area contributed by atoms with E-state index in [4.69, 9.17) is 4.74 Å². The van der Waals surface area contributed by atoms with Crippen molar-refractivity contribution in [2.45, 2.75) is 13.0 Å². The van der Waals surface area contributed by atoms with Crippen molar-refractivity contribution in [2.75, 3.05) is 7.11 Å². The molecule has 0 aliphatic heterocycles. The van der Waals surface area contributed by atoms with Gasteiger partial charge < -0.3 is 9.84 Å². The van der Waals surface area contributed by atoms with Gasteiger partial charge in [0.2, 0.25) is 0 Å². The molecule has 12 heavy (non-hydrogen) atoms. The molecule has 0 saturated heterocycles. The van der Waals surface area contributed by atoms with Crippen LogP contribution in [0.15, 0.2) is 18.2 Å². The number of methoxy groups -OCH3 is 1. The summed E-state index contributed by atoms with van der Waals surface area (Å²) in [7, 11) is 1.61. The Morgan fingerprint density at radius 3 is 2.67 bits per heavy atom. The van der Waals surface area contributed by atoms with Gasteiger partial charge in [-0.05, 0) is 47.7 Å². The van der Waals surface area contributed by atoms with Gasteiger partial charge in [-0.2, -0.15) is 0 Å². The molecule has 0 amide bonds. The first kappa shape index (κ1) is 9.80. The zero-order valence-corrected chi connectivity index (χ0v) is 9.20. The maximum atomic E-state index is 9.38. The second kappa shape index (κ2) is 4.09. The predicted molar refractivity (Wildman–Crippen MR) is 56.3 cm³/mol. The molecule has 0 aliphatic carbocycles. The molecular weight excluding hydrogens is 267 g/mol. The summed E-state index contributed by atoms with van der Waals surface area (Å²) in [4.78, 5) is 0. The fourth-order valence-corrected chi connectivity index (χ4v) is 1.55. The van der Waals surface area contributed by atoms with E-state index in [0.717, 1.165) is 14.9 Å². The fraction of sp³-hybridized carbons (Fsp3) is 0.333. The number of hydrogen-bond acceptors (Lipinski definition) is 2. The Balaban J connectivity index is 3.12. The Bertz CT molecular complexity index is 271. The third-order valence-electron chi connectivity index (χ3n) is 1.64. The van der Waals surface area contributed by atoms with E-state index in [1.54, 1.807) is 14.0 Å². The van der Waals surface area contributed by atoms with Crippen LogP contribution in [-0.4, -0.2) is 12.2 Å². The SMILES string of the molecule is COc1ccc(I)cc1[C@H](C)O. The minimum absolute atomic E-state index is 0.477. The van der Waals surface area contributed by atoms with Gasteiger partial charge in [-0.25, -0.2) is 0 Å². The minimum Gasteiger partial charge on any atom is -0.496 e. The van der Waals surface area contributed by atoms with Gasteiger partial charge in [0.15, 0.2) is 0 Å². The molecular formula is C9H11IO2. The van der Waals surface area contributed by atoms with Crippen molar-refractivity contribution in [1.29, 1.82) is 0 Å². The summed E-state index contributed by atoms with van der Waals surface area (Å²) < 4.78 is 6.20. The number of aliphatic hydroxyl groups excluding tert-OH is 1. The zero-order valence-electron chi connectivity index (χ0n) is 7.04. The molecule has 3 heteroatoms. The summed E-state index contributed by atoms with van der Waals surface area (Å²) in [6.45, 7) is 1.73. The molecule has 66 valence electrons. The smallest absolute Gasteiger partial charge is 0.124 e. The van der Waals surface area contributed by atoms with Gasteiger partial charge in [-0.3, -0.25) is 0 Å². The number of benzene rings is 1. The first-order valence-electron chi connectivity index (χ1n) is 3.66. The van der Waals surface area contributed by atoms with E-state index in [2.05, 4.69) is 22.6 Å². The summed E-state index contributed by atoms with van der Waals surface area (Å²) in [5.74, 6) is 0.741. The van der Waals surface area contributed by atoms with E-state index in [9.17, 15) is 5.11 Å². The standard InChI is InChI=1S/C9H11IO2/c1-6(11)8-5-7(10)3-4-9(8)12-2/h3-6,11H,1-2H3/t6-/m0/s1. The highest BCUT2D eigenvalue weighted by Gasteiger charge is 2.07. The van der Waals surface area contributed by atoms with Crippen molar-refractivity contribution >= 4 is 22.6 Å². The Labute approximate surface area is 85.7 Å². The van der Waals surface area contributed by atoms with Crippen LogP contribution in [0.4, 0.5) is 0 Å². The van der Waals surface area contributed by atoms with Crippen molar-refractivity contribution in [2.24, 2.45) is 0 Å². The van der Waals surface area contributed by atoms with Crippen LogP contribution in [0.1, 0.15) is 18.6 Å². The van der Waals surface area contributed by atoms with E-state index < -0.39 is 6.10 Å². The molecule has 0 saturated carbocycles. The molecule has 2 nitrogen and oxygen atoms in total. The number of aliphatic hydroxyl groups is 1. The lowest BCUT2D eigenvalue weighted by Crippen LogP contribution is -1.96. The third kappa shape index (κ3) is 2.10. The van der Waals surface area contributed by atoms with E-state index in [1.165, 1.54) is 0 Å². The summed E-state index contributed by atoms with van der Waals surface area (Å²) in [6, 6.07) is 5.74. The van der Waals surface area contributed by atoms with Gasteiger partial charge in [0, 0.05) is 9.13 Å². The molecule has 1 aromatic carbocycles. The van der Waals surface area contributed by atoms with Gasteiger partial charge in [0.05, 0.1) is 13.2 Å². The molecule has 0 fully saturated rings. The topological polar surface area (TPSA) is 29.5 Å². The van der Waals surface area contributed by atoms with Gasteiger partial charge in [0.25, 0.3) is 0 Å². The van der Waals surface area contributed by atoms with Gasteiger partial charge in [-0.15, -0.1) is 0 Å². The number of hydrogen-bond donors (Lipinski definition) is 1. The number of rotatable bonds is 2. The second-order valence-electron chi connectivity index (χ2n) is 2.56. The lowest BCUT2D eigenvalue weighted by molar-refractivity contribution is 0.194. The maximum Gasteiger partial charge on any atom is 0.124 e. The van der Waals surface area contributed by atoms with E-state index in [-0.39, 0.29) is 0 Å². The summed E-state index contributed by atoms with van der Waals surface area (Å²) >= 11 is 2.21. The maximum absolute atomic E-state index is 9.38. The normalized spacial score (nSPS) is 12.7. The number of halogens is 1. The van der Waals surface area contributed by atoms with Crippen LogP contribution < -0.4 is 4.74 Å². The van der Waals surface area contributed by atoms with Gasteiger partial charge in [0.1, 0.15) is 5.75 Å². The molecule has 0 radical (unpaired) electrons. The molecule has 0 bridgehead atoms. The largest absolute Gasteiger partial charge is 0.496 e. The molecule has 1 N–H and O–H groups in total. The van der Waals surface area contributed by atoms with E-state index >= 15 is 0 Å². The number of ether oxygens (including phenoxy) is 1. The molecule has 0 aliphatic rings. The second-order valence-corrected chi connectivity index (χ2v) is 3.81. The summed E-state index contributed by atoms with van der Waals surface area (Å²) in [6.07, 6.45) is -0.477. The Kier molecular flexibility index (Phi) is 3.34. The highest BCUT2D eigenvalue weighted by atomic mass is 127. The quantitative estimate of drug-likeness (QED) is 0.841. The molecule has 1 rings (SSSR count). The molecule has 0 heterocycles. The van der Waals surface area contributed by atoms with Gasteiger partial charge >= 0.3 is 0 Å². The Morgan fingerprint density at radius 1 is 1.50 bits per heavy atom. The van der Waals surface area contributed by atoms with Crippen molar-refractivity contribution in [3.8, 4) is 5.75 Å². The van der Waals surface area contributed by atoms with Crippen molar-refractivity contribution in [1.82, 2.24) is 0 Å². The minimum atomic E-state index is -0.477. The monoisotopic (exact) mass is 278 g/mol. The Morgan fingerprint density at radius 2 is 2.17 bits per heavy atom. The molecule has 0 unspecified atom stereocenters. The average Bonchev–Trinajstić information content (AvgIpc) is 2.04. The Hall–Kier alpha value is -0.290. The van der Waals surface area contributed by atoms with Crippen molar-refractivity contribution in [3.05, 3.63) is 27.3 Å². The first-order valence-corrected chi connectivity index (χ1v) is 4.74. The van der Waals surface area contributed by atoms with E-state index in [0.29, 0.717) is 0 Å². The van der Waals surface area contributed by atoms with Crippen molar-refractivity contribution < 1.29 is 9.84 Å². The molecule has 1 aromatic rings. The summed E-state index contributed by atoms with van der Waals surface area (Å²) in [5.41, 5.74) is 0.837. The average molecular weight is 278 g/mol. The van der Waals surface area contributed by atoms with Crippen LogP contribution in [0, 0.1) is 3.57 Å². The highest BCUT2D eigenvalue weighted by molar-refractivity contribution is 14.1. The molecule has 0 spiro atoms. The van der Waals surface area contributed by atoms with Crippen LogP contribution >= 0.6 is 22.6 Å². The van der Waals surface area contributed by atoms with E-state index in [1.807, 2.05) is 18.2 Å². The first-order chi connectivity index (χ1) is 5.65. The van der Waals surface area contributed by atoms with Crippen LogP contribution in [0.2, 0.25) is 0 Å². The van der Waals surface area contributed by atoms with Crippen LogP contribution in [0.25, 0.3) is 0 Å². The van der Waals surface area contributed by atoms with Crippen LogP contribution in [0.5, 0.6) is 5.75 Å². The third-order valence-corrected chi connectivity index (χ3v) is 2.31. The molecule has 0 aromatic heterocycles. The van der Waals surface area contributed by atoms with Gasteiger partial charge in [-0.1, -0.05) is 0 Å². The van der Waals surface area contributed by atoms with Crippen molar-refractivity contribution in [3.63, 3.8) is 0 Å². The lowest BCUT2D eigenvalue weighted by Gasteiger charge is -2.10. The lowest BCUT2D eigenvalue weighted by atomic mass is 10.1. The fourth-order valence-electron chi connectivity index (χ4n) is 1.03. The van der Waals surface area contributed by atoms with Crippen LogP contribution in [0.3, 0.4) is 0 Å². The highest BCUT2D eigenvalue weighted by Crippen LogP contribution is 2.26. The summed E-state index contributed by atoms with van der Waals surface area (Å²) in [5, 5.41) is 9.38. The predicted octanol–water partition coefficient (Wildman–Crippen LogP) is 2.35. The molecule has 1 atom stereocenters. The van der Waals surface area contributed by atoms with Crippen LogP contribution in [-0.2, 0) is 0 Å². The zero-order chi connectivity index (χ0) is 9.14.